The van der Waals surface area contributed by atoms with Crippen LogP contribution in [0.4, 0.5) is 9.52 Å². The summed E-state index contributed by atoms with van der Waals surface area (Å²) in [7, 11) is 1.38. The van der Waals surface area contributed by atoms with Crippen LogP contribution in [0.1, 0.15) is 16.0 Å². The van der Waals surface area contributed by atoms with Crippen molar-refractivity contribution in [3.05, 3.63) is 63.8 Å². The number of pyridine rings is 2. The van der Waals surface area contributed by atoms with Crippen molar-refractivity contribution in [2.75, 3.05) is 12.4 Å². The van der Waals surface area contributed by atoms with E-state index in [1.54, 1.807) is 12.4 Å². The number of rotatable bonds is 6. The molecule has 0 aliphatic rings. The maximum Gasteiger partial charge on any atom is 0.250 e. The molecule has 0 aromatic carbocycles. The number of H-pyrrole nitrogens is 1. The minimum atomic E-state index is -0.498. The number of fused-ring (bicyclic) bond motifs is 1. The predicted molar refractivity (Wildman–Crippen MR) is 104 cm³/mol. The number of aromatic nitrogens is 4. The van der Waals surface area contributed by atoms with E-state index in [0.29, 0.717) is 28.8 Å². The Bertz CT molecular complexity index is 1100. The zero-order chi connectivity index (χ0) is 18.8. The molecule has 0 spiro atoms. The first-order valence-corrected chi connectivity index (χ1v) is 9.32. The molecule has 4 aromatic heterocycles. The van der Waals surface area contributed by atoms with Gasteiger partial charge in [-0.3, -0.25) is 0 Å². The van der Waals surface area contributed by atoms with Crippen molar-refractivity contribution < 1.29 is 9.13 Å². The zero-order valence-corrected chi connectivity index (χ0v) is 15.9. The molecule has 9 heteroatoms. The molecule has 0 atom stereocenters. The second-order valence-electron chi connectivity index (χ2n) is 5.81. The van der Waals surface area contributed by atoms with E-state index >= 15 is 0 Å². The van der Waals surface area contributed by atoms with E-state index in [2.05, 4.69) is 25.3 Å². The summed E-state index contributed by atoms with van der Waals surface area (Å²) in [5.74, 6) is -0.519. The van der Waals surface area contributed by atoms with Crippen molar-refractivity contribution in [3.8, 4) is 5.88 Å². The van der Waals surface area contributed by atoms with Gasteiger partial charge in [0.25, 0.3) is 0 Å². The second kappa shape index (κ2) is 7.50. The molecule has 0 aliphatic carbocycles. The van der Waals surface area contributed by atoms with Gasteiger partial charge in [0.1, 0.15) is 10.8 Å². The summed E-state index contributed by atoms with van der Waals surface area (Å²) in [6.07, 6.45) is 5.90. The molecule has 0 unspecified atom stereocenters. The molecule has 0 bridgehead atoms. The van der Waals surface area contributed by atoms with Crippen molar-refractivity contribution in [3.63, 3.8) is 0 Å². The summed E-state index contributed by atoms with van der Waals surface area (Å²) in [4.78, 5) is 16.7. The van der Waals surface area contributed by atoms with Crippen molar-refractivity contribution in [1.29, 1.82) is 0 Å². The Kier molecular flexibility index (Phi) is 4.91. The smallest absolute Gasteiger partial charge is 0.250 e. The maximum absolute atomic E-state index is 13.7. The van der Waals surface area contributed by atoms with Crippen LogP contribution < -0.4 is 10.1 Å². The van der Waals surface area contributed by atoms with Gasteiger partial charge < -0.3 is 15.0 Å². The molecule has 27 heavy (non-hydrogen) atoms. The van der Waals surface area contributed by atoms with Gasteiger partial charge in [0.15, 0.2) is 10.9 Å². The summed E-state index contributed by atoms with van der Waals surface area (Å²) >= 11 is 7.77. The SMILES string of the molecule is COc1ncc(CNc2nc(Cl)c(Cc3c[nH]c4ncccc34)s2)cc1F. The van der Waals surface area contributed by atoms with Gasteiger partial charge >= 0.3 is 0 Å². The van der Waals surface area contributed by atoms with E-state index in [-0.39, 0.29) is 5.88 Å². The fourth-order valence-electron chi connectivity index (χ4n) is 2.74. The number of anilines is 1. The van der Waals surface area contributed by atoms with Crippen LogP contribution in [0, 0.1) is 5.82 Å². The number of ether oxygens (including phenoxy) is 1. The van der Waals surface area contributed by atoms with Gasteiger partial charge in [-0.15, -0.1) is 11.3 Å². The third kappa shape index (κ3) is 3.72. The third-order valence-electron chi connectivity index (χ3n) is 4.04. The maximum atomic E-state index is 13.7. The minimum Gasteiger partial charge on any atom is -0.479 e. The Morgan fingerprint density at radius 1 is 1.37 bits per heavy atom. The van der Waals surface area contributed by atoms with Crippen molar-refractivity contribution >= 4 is 39.1 Å². The molecule has 4 heterocycles. The topological polar surface area (TPSA) is 75.7 Å². The van der Waals surface area contributed by atoms with Gasteiger partial charge in [-0.05, 0) is 29.3 Å². The summed E-state index contributed by atoms with van der Waals surface area (Å²) in [5, 5.41) is 5.35. The number of aromatic amines is 1. The van der Waals surface area contributed by atoms with Crippen LogP contribution in [-0.4, -0.2) is 27.0 Å². The average molecular weight is 404 g/mol. The highest BCUT2D eigenvalue weighted by Crippen LogP contribution is 2.31. The number of halogens is 2. The lowest BCUT2D eigenvalue weighted by Crippen LogP contribution is -2.01. The molecular formula is C18H15ClFN5OS. The van der Waals surface area contributed by atoms with Gasteiger partial charge in [-0.1, -0.05) is 11.6 Å². The van der Waals surface area contributed by atoms with Gasteiger partial charge in [0.2, 0.25) is 5.88 Å². The molecule has 4 aromatic rings. The monoisotopic (exact) mass is 403 g/mol. The molecule has 0 saturated heterocycles. The molecule has 0 aliphatic heterocycles. The van der Waals surface area contributed by atoms with Crippen molar-refractivity contribution in [2.45, 2.75) is 13.0 Å². The van der Waals surface area contributed by atoms with Gasteiger partial charge in [0, 0.05) is 36.9 Å². The van der Waals surface area contributed by atoms with E-state index in [0.717, 1.165) is 21.5 Å². The molecule has 138 valence electrons. The van der Waals surface area contributed by atoms with E-state index in [9.17, 15) is 4.39 Å². The van der Waals surface area contributed by atoms with Crippen LogP contribution in [0.3, 0.4) is 0 Å². The van der Waals surface area contributed by atoms with E-state index in [4.69, 9.17) is 16.3 Å². The number of hydrogen-bond donors (Lipinski definition) is 2. The predicted octanol–water partition coefficient (Wildman–Crippen LogP) is 4.42. The molecule has 0 fully saturated rings. The Labute approximate surface area is 163 Å². The Morgan fingerprint density at radius 2 is 2.26 bits per heavy atom. The van der Waals surface area contributed by atoms with E-state index < -0.39 is 5.82 Å². The summed E-state index contributed by atoms with van der Waals surface area (Å²) in [5.41, 5.74) is 2.64. The molecule has 0 amide bonds. The van der Waals surface area contributed by atoms with E-state index in [1.165, 1.54) is 24.5 Å². The fourth-order valence-corrected chi connectivity index (χ4v) is 3.93. The standard InChI is InChI=1S/C18H15ClFN5OS/c1-26-17-13(20)5-10(7-23-17)8-24-18-25-15(19)14(27-18)6-11-9-22-16-12(11)3-2-4-21-16/h2-5,7,9H,6,8H2,1H3,(H,21,22)(H,24,25). The Morgan fingerprint density at radius 3 is 3.07 bits per heavy atom. The molecule has 4 rings (SSSR count). The molecular weight excluding hydrogens is 389 g/mol. The average Bonchev–Trinajstić information content (AvgIpc) is 3.24. The quantitative estimate of drug-likeness (QED) is 0.498. The number of hydrogen-bond acceptors (Lipinski definition) is 6. The zero-order valence-electron chi connectivity index (χ0n) is 14.3. The number of thiazole rings is 1. The highest BCUT2D eigenvalue weighted by molar-refractivity contribution is 7.16. The largest absolute Gasteiger partial charge is 0.479 e. The van der Waals surface area contributed by atoms with Crippen LogP contribution in [0.15, 0.2) is 36.8 Å². The fraction of sp³-hybridized carbons (Fsp3) is 0.167. The van der Waals surface area contributed by atoms with Crippen LogP contribution >= 0.6 is 22.9 Å². The van der Waals surface area contributed by atoms with Gasteiger partial charge in [-0.2, -0.15) is 0 Å². The summed E-state index contributed by atoms with van der Waals surface area (Å²) < 4.78 is 18.5. The van der Waals surface area contributed by atoms with Crippen LogP contribution in [0.2, 0.25) is 5.15 Å². The number of nitrogens with one attached hydrogen (secondary N) is 2. The Hall–Kier alpha value is -2.71. The first-order chi connectivity index (χ1) is 13.1. The normalized spacial score (nSPS) is 11.1. The highest BCUT2D eigenvalue weighted by atomic mass is 35.5. The van der Waals surface area contributed by atoms with E-state index in [1.807, 2.05) is 18.3 Å². The highest BCUT2D eigenvalue weighted by Gasteiger charge is 2.13. The first-order valence-electron chi connectivity index (χ1n) is 8.12. The lowest BCUT2D eigenvalue weighted by atomic mass is 10.1. The third-order valence-corrected chi connectivity index (χ3v) is 5.48. The van der Waals surface area contributed by atoms with Crippen LogP contribution in [0.5, 0.6) is 5.88 Å². The second-order valence-corrected chi connectivity index (χ2v) is 7.25. The van der Waals surface area contributed by atoms with Crippen molar-refractivity contribution in [2.24, 2.45) is 0 Å². The molecule has 2 N–H and O–H groups in total. The Balaban J connectivity index is 1.47. The number of nitrogens with zero attached hydrogens (tertiary/aromatic N) is 3. The summed E-state index contributed by atoms with van der Waals surface area (Å²) in [6.45, 7) is 0.383. The first kappa shape index (κ1) is 17.7. The molecule has 0 saturated carbocycles. The van der Waals surface area contributed by atoms with Gasteiger partial charge in [-0.25, -0.2) is 19.3 Å². The van der Waals surface area contributed by atoms with Crippen LogP contribution in [0.25, 0.3) is 11.0 Å². The van der Waals surface area contributed by atoms with Crippen molar-refractivity contribution in [1.82, 2.24) is 19.9 Å². The lowest BCUT2D eigenvalue weighted by molar-refractivity contribution is 0.368. The minimum absolute atomic E-state index is 0.0217. The van der Waals surface area contributed by atoms with Gasteiger partial charge in [0.05, 0.1) is 12.0 Å². The lowest BCUT2D eigenvalue weighted by Gasteiger charge is -2.05. The van der Waals surface area contributed by atoms with Crippen LogP contribution in [-0.2, 0) is 13.0 Å². The molecule has 0 radical (unpaired) electrons. The number of methoxy groups -OCH3 is 1. The molecule has 6 nitrogen and oxygen atoms in total. The summed E-state index contributed by atoms with van der Waals surface area (Å²) in [6, 6.07) is 5.31.